The second-order valence-corrected chi connectivity index (χ2v) is 8.94. The lowest BCUT2D eigenvalue weighted by Gasteiger charge is -2.08. The zero-order valence-corrected chi connectivity index (χ0v) is 18.3. The fourth-order valence-corrected chi connectivity index (χ4v) is 4.53. The van der Waals surface area contributed by atoms with Crippen molar-refractivity contribution >= 4 is 40.5 Å². The lowest BCUT2D eigenvalue weighted by Crippen LogP contribution is -2.07. The van der Waals surface area contributed by atoms with Gasteiger partial charge in [0.05, 0.1) is 12.3 Å². The molecule has 1 aromatic carbocycles. The maximum Gasteiger partial charge on any atom is 0.277 e. The van der Waals surface area contributed by atoms with Crippen molar-refractivity contribution in [1.29, 1.82) is 0 Å². The monoisotopic (exact) mass is 443 g/mol. The largest absolute Gasteiger partial charge is 0.411 e. The van der Waals surface area contributed by atoms with Crippen LogP contribution in [0.4, 0.5) is 0 Å². The van der Waals surface area contributed by atoms with Crippen LogP contribution in [0, 0.1) is 13.8 Å². The van der Waals surface area contributed by atoms with Crippen LogP contribution in [0.15, 0.2) is 57.5 Å². The van der Waals surface area contributed by atoms with Gasteiger partial charge >= 0.3 is 0 Å². The summed E-state index contributed by atoms with van der Waals surface area (Å²) in [4.78, 5) is 14.0. The number of hydrogen-bond donors (Lipinski definition) is 0. The minimum atomic E-state index is 0.0479. The molecule has 8 heteroatoms. The molecule has 29 heavy (non-hydrogen) atoms. The number of Topliss-reactive ketones (excluding diaryl/α,β-unsaturated/α-hetero) is 1. The van der Waals surface area contributed by atoms with E-state index >= 15 is 0 Å². The fourth-order valence-electron chi connectivity index (χ4n) is 3.07. The van der Waals surface area contributed by atoms with Gasteiger partial charge in [0.25, 0.3) is 5.22 Å². The lowest BCUT2D eigenvalue weighted by molar-refractivity contribution is 0.102. The molecule has 0 fully saturated rings. The number of benzene rings is 1. The maximum absolute atomic E-state index is 12.8. The van der Waals surface area contributed by atoms with Crippen molar-refractivity contribution in [3.05, 3.63) is 74.7 Å². The average molecular weight is 444 g/mol. The Morgan fingerprint density at radius 3 is 2.72 bits per heavy atom. The molecular weight excluding hydrogens is 426 g/mol. The molecule has 0 aliphatic rings. The summed E-state index contributed by atoms with van der Waals surface area (Å²) in [5.74, 6) is 0.698. The van der Waals surface area contributed by atoms with E-state index < -0.39 is 0 Å². The molecule has 0 unspecified atom stereocenters. The number of carbonyl (C=O) groups excluding carboxylic acids is 1. The molecule has 0 N–H and O–H groups in total. The Morgan fingerprint density at radius 2 is 2.00 bits per heavy atom. The highest BCUT2D eigenvalue weighted by molar-refractivity contribution is 7.99. The second kappa shape index (κ2) is 8.57. The van der Waals surface area contributed by atoms with Crippen LogP contribution >= 0.6 is 34.7 Å². The first-order chi connectivity index (χ1) is 14.0. The van der Waals surface area contributed by atoms with Gasteiger partial charge < -0.3 is 8.98 Å². The number of hydrogen-bond acceptors (Lipinski definition) is 6. The summed E-state index contributed by atoms with van der Waals surface area (Å²) in [6, 6.07) is 13.3. The normalized spacial score (nSPS) is 11.1. The van der Waals surface area contributed by atoms with Crippen LogP contribution in [0.25, 0.3) is 11.5 Å². The first-order valence-electron chi connectivity index (χ1n) is 8.96. The minimum absolute atomic E-state index is 0.0479. The zero-order chi connectivity index (χ0) is 20.4. The van der Waals surface area contributed by atoms with E-state index in [-0.39, 0.29) is 11.5 Å². The molecule has 5 nitrogen and oxygen atoms in total. The summed E-state index contributed by atoms with van der Waals surface area (Å²) >= 11 is 8.87. The lowest BCUT2D eigenvalue weighted by atomic mass is 10.2. The SMILES string of the molecule is Cc1cc(C(=O)CSc2nnc(-c3ccc(Cl)cc3)o2)c(C)n1Cc1cccs1. The van der Waals surface area contributed by atoms with Crippen molar-refractivity contribution in [1.82, 2.24) is 14.8 Å². The third kappa shape index (κ3) is 4.47. The van der Waals surface area contributed by atoms with Crippen LogP contribution < -0.4 is 0 Å². The highest BCUT2D eigenvalue weighted by Gasteiger charge is 2.18. The van der Waals surface area contributed by atoms with E-state index in [1.165, 1.54) is 16.6 Å². The van der Waals surface area contributed by atoms with Crippen molar-refractivity contribution in [3.63, 3.8) is 0 Å². The van der Waals surface area contributed by atoms with Crippen LogP contribution in [0.5, 0.6) is 0 Å². The van der Waals surface area contributed by atoms with Crippen LogP contribution in [-0.2, 0) is 6.54 Å². The summed E-state index contributed by atoms with van der Waals surface area (Å²) in [7, 11) is 0. The first-order valence-corrected chi connectivity index (χ1v) is 11.2. The van der Waals surface area contributed by atoms with Gasteiger partial charge in [-0.15, -0.1) is 21.5 Å². The van der Waals surface area contributed by atoms with E-state index in [0.29, 0.717) is 16.1 Å². The maximum atomic E-state index is 12.8. The van der Waals surface area contributed by atoms with Gasteiger partial charge in [-0.05, 0) is 55.6 Å². The van der Waals surface area contributed by atoms with E-state index in [2.05, 4.69) is 26.2 Å². The second-order valence-electron chi connectivity index (χ2n) is 6.54. The number of nitrogens with zero attached hydrogens (tertiary/aromatic N) is 3. The molecule has 0 amide bonds. The number of rotatable bonds is 7. The Bertz CT molecular complexity index is 1130. The summed E-state index contributed by atoms with van der Waals surface area (Å²) in [6.07, 6.45) is 0. The molecule has 0 saturated heterocycles. The van der Waals surface area contributed by atoms with E-state index in [1.54, 1.807) is 23.5 Å². The van der Waals surface area contributed by atoms with Crippen LogP contribution in [0.2, 0.25) is 5.02 Å². The van der Waals surface area contributed by atoms with Crippen molar-refractivity contribution in [2.24, 2.45) is 0 Å². The van der Waals surface area contributed by atoms with Gasteiger partial charge in [-0.25, -0.2) is 0 Å². The van der Waals surface area contributed by atoms with E-state index in [1.807, 2.05) is 38.1 Å². The van der Waals surface area contributed by atoms with Crippen molar-refractivity contribution in [2.75, 3.05) is 5.75 Å². The van der Waals surface area contributed by atoms with E-state index in [0.717, 1.165) is 29.1 Å². The molecule has 0 bridgehead atoms. The van der Waals surface area contributed by atoms with Crippen molar-refractivity contribution in [2.45, 2.75) is 25.6 Å². The van der Waals surface area contributed by atoms with Crippen LogP contribution in [0.3, 0.4) is 0 Å². The smallest absolute Gasteiger partial charge is 0.277 e. The van der Waals surface area contributed by atoms with Gasteiger partial charge in [0.2, 0.25) is 5.89 Å². The van der Waals surface area contributed by atoms with Crippen LogP contribution in [-0.4, -0.2) is 26.3 Å². The first kappa shape index (κ1) is 19.9. The molecule has 4 aromatic rings. The predicted octanol–water partition coefficient (Wildman–Crippen LogP) is 5.89. The zero-order valence-electron chi connectivity index (χ0n) is 15.9. The number of aromatic nitrogens is 3. The molecule has 4 rings (SSSR count). The molecular formula is C21H18ClN3O2S2. The number of thiophene rings is 1. The van der Waals surface area contributed by atoms with Gasteiger partial charge in [0.15, 0.2) is 5.78 Å². The van der Waals surface area contributed by atoms with E-state index in [4.69, 9.17) is 16.0 Å². The average Bonchev–Trinajstić information content (AvgIpc) is 3.45. The minimum Gasteiger partial charge on any atom is -0.411 e. The predicted molar refractivity (Wildman–Crippen MR) is 117 cm³/mol. The fraction of sp³-hybridized carbons (Fsp3) is 0.190. The Labute approximate surface area is 181 Å². The number of ketones is 1. The van der Waals surface area contributed by atoms with Gasteiger partial charge in [0, 0.05) is 32.4 Å². The summed E-state index contributed by atoms with van der Waals surface area (Å²) in [6.45, 7) is 4.80. The third-order valence-corrected chi connectivity index (χ3v) is 6.52. The Kier molecular flexibility index (Phi) is 5.89. The summed E-state index contributed by atoms with van der Waals surface area (Å²) < 4.78 is 7.84. The van der Waals surface area contributed by atoms with Gasteiger partial charge in [-0.1, -0.05) is 29.4 Å². The molecule has 0 radical (unpaired) electrons. The third-order valence-electron chi connectivity index (χ3n) is 4.59. The van der Waals surface area contributed by atoms with Gasteiger partial charge in [0.1, 0.15) is 0 Å². The molecule has 0 saturated carbocycles. The number of thioether (sulfide) groups is 1. The summed E-state index contributed by atoms with van der Waals surface area (Å²) in [5.41, 5.74) is 3.59. The molecule has 0 aliphatic carbocycles. The Balaban J connectivity index is 1.43. The Morgan fingerprint density at radius 1 is 1.21 bits per heavy atom. The highest BCUT2D eigenvalue weighted by Crippen LogP contribution is 2.26. The molecule has 0 aliphatic heterocycles. The topological polar surface area (TPSA) is 60.9 Å². The molecule has 3 heterocycles. The summed E-state index contributed by atoms with van der Waals surface area (Å²) in [5, 5.41) is 11.2. The van der Waals surface area contributed by atoms with Crippen LogP contribution in [0.1, 0.15) is 26.6 Å². The van der Waals surface area contributed by atoms with Gasteiger partial charge in [-0.3, -0.25) is 4.79 Å². The standard InChI is InChI=1S/C21H18ClN3O2S2/c1-13-10-18(14(2)25(13)11-17-4-3-9-28-17)19(26)12-29-21-24-23-20(27-21)15-5-7-16(22)8-6-15/h3-10H,11-12H2,1-2H3. The molecule has 148 valence electrons. The number of carbonyl (C=O) groups is 1. The number of halogens is 1. The highest BCUT2D eigenvalue weighted by atomic mass is 35.5. The van der Waals surface area contributed by atoms with Crippen molar-refractivity contribution < 1.29 is 9.21 Å². The quantitative estimate of drug-likeness (QED) is 0.263. The van der Waals surface area contributed by atoms with Gasteiger partial charge in [-0.2, -0.15) is 0 Å². The number of aryl methyl sites for hydroxylation is 1. The Hall–Kier alpha value is -2.35. The molecule has 3 aromatic heterocycles. The van der Waals surface area contributed by atoms with Crippen molar-refractivity contribution in [3.8, 4) is 11.5 Å². The van der Waals surface area contributed by atoms with E-state index in [9.17, 15) is 4.79 Å². The molecule has 0 spiro atoms. The molecule has 0 atom stereocenters.